The summed E-state index contributed by atoms with van der Waals surface area (Å²) in [6.07, 6.45) is 4.19. The Morgan fingerprint density at radius 1 is 1.33 bits per heavy atom. The van der Waals surface area contributed by atoms with Gasteiger partial charge in [-0.3, -0.25) is 4.79 Å². The van der Waals surface area contributed by atoms with Crippen molar-refractivity contribution in [2.45, 2.75) is 51.2 Å². The number of para-hydroxylation sites is 2. The van der Waals surface area contributed by atoms with Gasteiger partial charge in [0.25, 0.3) is 0 Å². The Bertz CT molecular complexity index is 654. The first kappa shape index (κ1) is 14.3. The van der Waals surface area contributed by atoms with E-state index < -0.39 is 5.60 Å². The molecule has 1 aliphatic carbocycles. The minimum Gasteiger partial charge on any atom is -0.370 e. The van der Waals surface area contributed by atoms with Crippen LogP contribution in [0.25, 0.3) is 11.0 Å². The third-order valence-electron chi connectivity index (χ3n) is 4.68. The fourth-order valence-corrected chi connectivity index (χ4v) is 3.46. The highest BCUT2D eigenvalue weighted by molar-refractivity contribution is 5.90. The standard InChI is InChI=1S/C17H22N2O2/c1-3-19-14-9-5-4-8-13(14)18-16(19)12-15(20)17(21-2)10-6-7-11-17/h4-5,8-9H,3,6-7,10-12H2,1-2H3. The summed E-state index contributed by atoms with van der Waals surface area (Å²) in [6, 6.07) is 8.04. The smallest absolute Gasteiger partial charge is 0.172 e. The number of rotatable bonds is 5. The number of aromatic nitrogens is 2. The zero-order valence-electron chi connectivity index (χ0n) is 12.8. The number of ketones is 1. The van der Waals surface area contributed by atoms with Gasteiger partial charge in [-0.25, -0.2) is 4.98 Å². The van der Waals surface area contributed by atoms with Gasteiger partial charge in [-0.15, -0.1) is 0 Å². The molecule has 1 aromatic carbocycles. The predicted molar refractivity (Wildman–Crippen MR) is 82.3 cm³/mol. The molecule has 1 heterocycles. The highest BCUT2D eigenvalue weighted by Gasteiger charge is 2.41. The third kappa shape index (κ3) is 2.38. The Kier molecular flexibility index (Phi) is 3.81. The summed E-state index contributed by atoms with van der Waals surface area (Å²) in [6.45, 7) is 2.91. The lowest BCUT2D eigenvalue weighted by Gasteiger charge is -2.25. The first-order valence-electron chi connectivity index (χ1n) is 7.73. The zero-order valence-corrected chi connectivity index (χ0v) is 12.8. The van der Waals surface area contributed by atoms with Crippen LogP contribution in [-0.2, 0) is 22.5 Å². The van der Waals surface area contributed by atoms with Crippen LogP contribution < -0.4 is 0 Å². The molecular weight excluding hydrogens is 264 g/mol. The van der Waals surface area contributed by atoms with E-state index in [4.69, 9.17) is 4.74 Å². The van der Waals surface area contributed by atoms with E-state index in [1.165, 1.54) is 0 Å². The molecule has 0 unspecified atom stereocenters. The molecule has 4 nitrogen and oxygen atoms in total. The lowest BCUT2D eigenvalue weighted by atomic mass is 9.94. The van der Waals surface area contributed by atoms with Gasteiger partial charge in [-0.2, -0.15) is 0 Å². The van der Waals surface area contributed by atoms with Crippen molar-refractivity contribution in [1.82, 2.24) is 9.55 Å². The minimum absolute atomic E-state index is 0.174. The largest absolute Gasteiger partial charge is 0.370 e. The predicted octanol–water partition coefficient (Wildman–Crippen LogP) is 3.13. The molecule has 3 rings (SSSR count). The van der Waals surface area contributed by atoms with Crippen molar-refractivity contribution in [3.63, 3.8) is 0 Å². The molecule has 1 fully saturated rings. The van der Waals surface area contributed by atoms with Gasteiger partial charge in [0.1, 0.15) is 11.4 Å². The van der Waals surface area contributed by atoms with E-state index in [1.54, 1.807) is 7.11 Å². The van der Waals surface area contributed by atoms with Crippen molar-refractivity contribution in [3.05, 3.63) is 30.1 Å². The van der Waals surface area contributed by atoms with Gasteiger partial charge in [0.2, 0.25) is 0 Å². The van der Waals surface area contributed by atoms with Crippen LogP contribution in [0.3, 0.4) is 0 Å². The van der Waals surface area contributed by atoms with Gasteiger partial charge in [0.05, 0.1) is 17.5 Å². The highest BCUT2D eigenvalue weighted by atomic mass is 16.5. The number of hydrogen-bond donors (Lipinski definition) is 0. The van der Waals surface area contributed by atoms with Crippen molar-refractivity contribution in [2.75, 3.05) is 7.11 Å². The van der Waals surface area contributed by atoms with E-state index in [1.807, 2.05) is 18.2 Å². The molecule has 0 bridgehead atoms. The number of imidazole rings is 1. The van der Waals surface area contributed by atoms with Crippen LogP contribution in [0.15, 0.2) is 24.3 Å². The van der Waals surface area contributed by atoms with Crippen molar-refractivity contribution < 1.29 is 9.53 Å². The normalized spacial score (nSPS) is 17.4. The Morgan fingerprint density at radius 2 is 2.05 bits per heavy atom. The van der Waals surface area contributed by atoms with Crippen molar-refractivity contribution in [2.24, 2.45) is 0 Å². The van der Waals surface area contributed by atoms with Crippen LogP contribution >= 0.6 is 0 Å². The maximum atomic E-state index is 12.7. The van der Waals surface area contributed by atoms with E-state index in [9.17, 15) is 4.79 Å². The number of carbonyl (C=O) groups is 1. The van der Waals surface area contributed by atoms with Gasteiger partial charge < -0.3 is 9.30 Å². The summed E-state index contributed by atoms with van der Waals surface area (Å²) in [5.41, 5.74) is 1.48. The van der Waals surface area contributed by atoms with Crippen molar-refractivity contribution in [1.29, 1.82) is 0 Å². The number of methoxy groups -OCH3 is 1. The molecule has 0 aliphatic heterocycles. The Morgan fingerprint density at radius 3 is 2.71 bits per heavy atom. The molecule has 2 aromatic rings. The molecular formula is C17H22N2O2. The second-order valence-corrected chi connectivity index (χ2v) is 5.77. The first-order valence-corrected chi connectivity index (χ1v) is 7.73. The zero-order chi connectivity index (χ0) is 14.9. The average Bonchev–Trinajstić information content (AvgIpc) is 3.12. The van der Waals surface area contributed by atoms with E-state index in [0.29, 0.717) is 6.42 Å². The summed E-state index contributed by atoms with van der Waals surface area (Å²) < 4.78 is 7.72. The van der Waals surface area contributed by atoms with Crippen LogP contribution in [0.4, 0.5) is 0 Å². The van der Waals surface area contributed by atoms with Crippen LogP contribution in [-0.4, -0.2) is 28.0 Å². The lowest BCUT2D eigenvalue weighted by molar-refractivity contribution is -0.139. The number of fused-ring (bicyclic) bond motifs is 1. The molecule has 0 N–H and O–H groups in total. The van der Waals surface area contributed by atoms with E-state index >= 15 is 0 Å². The monoisotopic (exact) mass is 286 g/mol. The number of aryl methyl sites for hydroxylation is 1. The number of ether oxygens (including phenoxy) is 1. The van der Waals surface area contributed by atoms with E-state index in [0.717, 1.165) is 49.1 Å². The van der Waals surface area contributed by atoms with Crippen LogP contribution in [0.5, 0.6) is 0 Å². The molecule has 21 heavy (non-hydrogen) atoms. The topological polar surface area (TPSA) is 44.1 Å². The molecule has 1 saturated carbocycles. The molecule has 112 valence electrons. The lowest BCUT2D eigenvalue weighted by Crippen LogP contribution is -2.39. The quantitative estimate of drug-likeness (QED) is 0.848. The van der Waals surface area contributed by atoms with Gasteiger partial charge >= 0.3 is 0 Å². The molecule has 1 aromatic heterocycles. The number of benzene rings is 1. The number of nitrogens with zero attached hydrogens (tertiary/aromatic N) is 2. The molecule has 0 saturated heterocycles. The Hall–Kier alpha value is -1.68. The third-order valence-corrected chi connectivity index (χ3v) is 4.68. The fraction of sp³-hybridized carbons (Fsp3) is 0.529. The van der Waals surface area contributed by atoms with Gasteiger partial charge in [-0.05, 0) is 44.7 Å². The Labute approximate surface area is 125 Å². The second-order valence-electron chi connectivity index (χ2n) is 5.77. The van der Waals surface area contributed by atoms with Crippen LogP contribution in [0.2, 0.25) is 0 Å². The van der Waals surface area contributed by atoms with Gasteiger partial charge in [-0.1, -0.05) is 12.1 Å². The average molecular weight is 286 g/mol. The summed E-state index contributed by atoms with van der Waals surface area (Å²) in [5, 5.41) is 0. The summed E-state index contributed by atoms with van der Waals surface area (Å²) in [5.74, 6) is 1.03. The summed E-state index contributed by atoms with van der Waals surface area (Å²) >= 11 is 0. The van der Waals surface area contributed by atoms with Gasteiger partial charge in [0.15, 0.2) is 5.78 Å². The number of Topliss-reactive ketones (excluding diaryl/α,β-unsaturated/α-hetero) is 1. The first-order chi connectivity index (χ1) is 10.2. The van der Waals surface area contributed by atoms with Crippen LogP contribution in [0.1, 0.15) is 38.4 Å². The van der Waals surface area contributed by atoms with Crippen LogP contribution in [0, 0.1) is 0 Å². The molecule has 0 spiro atoms. The van der Waals surface area contributed by atoms with E-state index in [-0.39, 0.29) is 5.78 Å². The maximum absolute atomic E-state index is 12.7. The van der Waals surface area contributed by atoms with Crippen molar-refractivity contribution >= 4 is 16.8 Å². The molecule has 0 amide bonds. The molecule has 0 radical (unpaired) electrons. The maximum Gasteiger partial charge on any atom is 0.172 e. The SMILES string of the molecule is CCn1c(CC(=O)C2(OC)CCCC2)nc2ccccc21. The number of hydrogen-bond acceptors (Lipinski definition) is 3. The summed E-state index contributed by atoms with van der Waals surface area (Å²) in [7, 11) is 1.66. The summed E-state index contributed by atoms with van der Waals surface area (Å²) in [4.78, 5) is 17.4. The molecule has 0 atom stereocenters. The number of carbonyl (C=O) groups excluding carboxylic acids is 1. The van der Waals surface area contributed by atoms with Gasteiger partial charge in [0, 0.05) is 13.7 Å². The molecule has 4 heteroatoms. The fourth-order valence-electron chi connectivity index (χ4n) is 3.46. The van der Waals surface area contributed by atoms with Crippen molar-refractivity contribution in [3.8, 4) is 0 Å². The Balaban J connectivity index is 1.92. The minimum atomic E-state index is -0.573. The highest BCUT2D eigenvalue weighted by Crippen LogP contribution is 2.34. The van der Waals surface area contributed by atoms with E-state index in [2.05, 4.69) is 22.5 Å². The second kappa shape index (κ2) is 5.60. The molecule has 1 aliphatic rings.